The molecule has 0 aliphatic heterocycles. The molecule has 0 fully saturated rings. The van der Waals surface area contributed by atoms with Gasteiger partial charge in [0.25, 0.3) is 0 Å². The fourth-order valence-electron chi connectivity index (χ4n) is 3.17. The summed E-state index contributed by atoms with van der Waals surface area (Å²) in [5, 5.41) is 2.99. The van der Waals surface area contributed by atoms with Crippen molar-refractivity contribution in [3.8, 4) is 5.75 Å². The fourth-order valence-corrected chi connectivity index (χ4v) is 3.96. The minimum absolute atomic E-state index is 0.0556. The van der Waals surface area contributed by atoms with Gasteiger partial charge in [-0.15, -0.1) is 11.8 Å². The van der Waals surface area contributed by atoms with Crippen molar-refractivity contribution < 1.29 is 14.3 Å². The summed E-state index contributed by atoms with van der Waals surface area (Å²) in [6.45, 7) is 9.04. The molecule has 0 bridgehead atoms. The molecule has 5 nitrogen and oxygen atoms in total. The molecule has 0 spiro atoms. The third kappa shape index (κ3) is 7.94. The molecule has 31 heavy (non-hydrogen) atoms. The van der Waals surface area contributed by atoms with Crippen molar-refractivity contribution >= 4 is 23.6 Å². The number of carbonyl (C=O) groups excluding carboxylic acids is 2. The van der Waals surface area contributed by atoms with Crippen LogP contribution in [0.25, 0.3) is 0 Å². The maximum atomic E-state index is 13.3. The lowest BCUT2D eigenvalue weighted by molar-refractivity contribution is -0.139. The summed E-state index contributed by atoms with van der Waals surface area (Å²) < 4.78 is 5.32. The Kier molecular flexibility index (Phi) is 9.92. The summed E-state index contributed by atoms with van der Waals surface area (Å²) in [6, 6.07) is 15.2. The van der Waals surface area contributed by atoms with Crippen molar-refractivity contribution in [2.45, 2.75) is 51.6 Å². The predicted octanol–water partition coefficient (Wildman–Crippen LogP) is 4.68. The van der Waals surface area contributed by atoms with E-state index in [-0.39, 0.29) is 17.6 Å². The molecule has 2 aromatic carbocycles. The molecular formula is C25H34N2O3S. The van der Waals surface area contributed by atoms with Crippen molar-refractivity contribution in [1.82, 2.24) is 10.2 Å². The van der Waals surface area contributed by atoms with Crippen LogP contribution >= 0.6 is 11.8 Å². The number of rotatable bonds is 11. The largest absolute Gasteiger partial charge is 0.497 e. The number of aryl methyl sites for hydroxylation is 1. The topological polar surface area (TPSA) is 58.6 Å². The average Bonchev–Trinajstić information content (AvgIpc) is 2.77. The van der Waals surface area contributed by atoms with E-state index in [1.807, 2.05) is 62.4 Å². The minimum Gasteiger partial charge on any atom is -0.497 e. The summed E-state index contributed by atoms with van der Waals surface area (Å²) in [5.41, 5.74) is 2.12. The van der Waals surface area contributed by atoms with Crippen LogP contribution in [0.2, 0.25) is 0 Å². The van der Waals surface area contributed by atoms with E-state index in [0.717, 1.165) is 16.2 Å². The zero-order valence-electron chi connectivity index (χ0n) is 19.2. The van der Waals surface area contributed by atoms with Gasteiger partial charge in [-0.3, -0.25) is 9.59 Å². The lowest BCUT2D eigenvalue weighted by Crippen LogP contribution is -2.50. The maximum absolute atomic E-state index is 13.3. The van der Waals surface area contributed by atoms with Crippen molar-refractivity contribution in [3.63, 3.8) is 0 Å². The minimum atomic E-state index is -0.518. The van der Waals surface area contributed by atoms with Crippen LogP contribution in [0, 0.1) is 12.8 Å². The molecule has 2 aromatic rings. The number of ether oxygens (including phenoxy) is 1. The molecular weight excluding hydrogens is 408 g/mol. The van der Waals surface area contributed by atoms with Crippen LogP contribution in [-0.2, 0) is 16.1 Å². The molecule has 0 aliphatic carbocycles. The molecule has 0 unspecified atom stereocenters. The highest BCUT2D eigenvalue weighted by atomic mass is 32.2. The Hall–Kier alpha value is -2.47. The highest BCUT2D eigenvalue weighted by Gasteiger charge is 2.28. The van der Waals surface area contributed by atoms with Gasteiger partial charge in [0.05, 0.1) is 12.9 Å². The predicted molar refractivity (Wildman–Crippen MR) is 127 cm³/mol. The van der Waals surface area contributed by atoms with Crippen molar-refractivity contribution in [2.24, 2.45) is 5.92 Å². The molecule has 0 aliphatic rings. The number of benzene rings is 2. The van der Waals surface area contributed by atoms with E-state index >= 15 is 0 Å². The van der Waals surface area contributed by atoms with Crippen molar-refractivity contribution in [2.75, 3.05) is 19.4 Å². The lowest BCUT2D eigenvalue weighted by atomic mass is 10.1. The summed E-state index contributed by atoms with van der Waals surface area (Å²) >= 11 is 1.49. The van der Waals surface area contributed by atoms with E-state index in [9.17, 15) is 9.59 Å². The molecule has 0 heterocycles. The van der Waals surface area contributed by atoms with Crippen molar-refractivity contribution in [1.29, 1.82) is 0 Å². The van der Waals surface area contributed by atoms with Gasteiger partial charge in [-0.05, 0) is 49.1 Å². The van der Waals surface area contributed by atoms with Gasteiger partial charge in [-0.25, -0.2) is 0 Å². The molecule has 0 radical (unpaired) electrons. The van der Waals surface area contributed by atoms with Crippen LogP contribution in [0.1, 0.15) is 38.3 Å². The summed E-state index contributed by atoms with van der Waals surface area (Å²) in [7, 11) is 1.62. The number of thioether (sulfide) groups is 1. The Morgan fingerprint density at radius 1 is 1.13 bits per heavy atom. The lowest BCUT2D eigenvalue weighted by Gasteiger charge is -2.31. The highest BCUT2D eigenvalue weighted by molar-refractivity contribution is 8.00. The number of nitrogens with zero attached hydrogens (tertiary/aromatic N) is 1. The first-order valence-electron chi connectivity index (χ1n) is 10.7. The van der Waals surface area contributed by atoms with Gasteiger partial charge in [0.2, 0.25) is 11.8 Å². The molecule has 0 saturated heterocycles. The van der Waals surface area contributed by atoms with Gasteiger partial charge in [0.1, 0.15) is 11.8 Å². The molecule has 0 saturated carbocycles. The number of carbonyl (C=O) groups is 2. The number of hydrogen-bond acceptors (Lipinski definition) is 4. The van der Waals surface area contributed by atoms with E-state index in [2.05, 4.69) is 19.2 Å². The molecule has 2 amide bonds. The van der Waals surface area contributed by atoms with Gasteiger partial charge >= 0.3 is 0 Å². The first-order valence-corrected chi connectivity index (χ1v) is 11.7. The van der Waals surface area contributed by atoms with Gasteiger partial charge in [0.15, 0.2) is 0 Å². The molecule has 168 valence electrons. The monoisotopic (exact) mass is 442 g/mol. The van der Waals surface area contributed by atoms with Crippen LogP contribution in [-0.4, -0.2) is 42.2 Å². The van der Waals surface area contributed by atoms with E-state index in [1.165, 1.54) is 17.3 Å². The second kappa shape index (κ2) is 12.4. The average molecular weight is 443 g/mol. The summed E-state index contributed by atoms with van der Waals surface area (Å²) in [6.07, 6.45) is 0.550. The van der Waals surface area contributed by atoms with Gasteiger partial charge < -0.3 is 15.0 Å². The second-order valence-corrected chi connectivity index (χ2v) is 9.09. The van der Waals surface area contributed by atoms with Gasteiger partial charge in [-0.1, -0.05) is 50.6 Å². The van der Waals surface area contributed by atoms with Gasteiger partial charge in [-0.2, -0.15) is 0 Å². The van der Waals surface area contributed by atoms with E-state index in [1.54, 1.807) is 12.0 Å². The standard InChI is InChI=1S/C25H34N2O3S/c1-6-23(25(29)26-15-18(2)3)27(16-20-8-7-9-21(14-20)30-5)24(28)17-31-22-12-10-19(4)11-13-22/h7-14,18,23H,6,15-17H2,1-5H3,(H,26,29)/t23-/m0/s1. The summed E-state index contributed by atoms with van der Waals surface area (Å²) in [5.74, 6) is 1.20. The zero-order chi connectivity index (χ0) is 22.8. The number of nitrogens with one attached hydrogen (secondary N) is 1. The van der Waals surface area contributed by atoms with E-state index in [0.29, 0.717) is 25.4 Å². The highest BCUT2D eigenvalue weighted by Crippen LogP contribution is 2.22. The Bertz CT molecular complexity index is 852. The third-order valence-electron chi connectivity index (χ3n) is 4.94. The summed E-state index contributed by atoms with van der Waals surface area (Å²) in [4.78, 5) is 28.9. The second-order valence-electron chi connectivity index (χ2n) is 8.04. The van der Waals surface area contributed by atoms with Crippen LogP contribution in [0.3, 0.4) is 0 Å². The molecule has 1 N–H and O–H groups in total. The number of hydrogen-bond donors (Lipinski definition) is 1. The van der Waals surface area contributed by atoms with Crippen LogP contribution in [0.4, 0.5) is 0 Å². The number of amides is 2. The molecule has 0 aromatic heterocycles. The first kappa shape index (κ1) is 24.8. The quantitative estimate of drug-likeness (QED) is 0.514. The van der Waals surface area contributed by atoms with Crippen LogP contribution < -0.4 is 10.1 Å². The van der Waals surface area contributed by atoms with E-state index in [4.69, 9.17) is 4.74 Å². The smallest absolute Gasteiger partial charge is 0.242 e. The zero-order valence-corrected chi connectivity index (χ0v) is 20.0. The molecule has 6 heteroatoms. The normalized spacial score (nSPS) is 11.8. The number of methoxy groups -OCH3 is 1. The molecule has 2 rings (SSSR count). The van der Waals surface area contributed by atoms with E-state index < -0.39 is 6.04 Å². The Morgan fingerprint density at radius 3 is 2.45 bits per heavy atom. The molecule has 1 atom stereocenters. The van der Waals surface area contributed by atoms with Crippen LogP contribution in [0.5, 0.6) is 5.75 Å². The van der Waals surface area contributed by atoms with Gasteiger partial charge in [0, 0.05) is 18.0 Å². The van der Waals surface area contributed by atoms with Crippen molar-refractivity contribution in [3.05, 3.63) is 59.7 Å². The third-order valence-corrected chi connectivity index (χ3v) is 5.94. The van der Waals surface area contributed by atoms with Crippen LogP contribution in [0.15, 0.2) is 53.4 Å². The Balaban J connectivity index is 2.20. The Labute approximate surface area is 190 Å². The Morgan fingerprint density at radius 2 is 1.84 bits per heavy atom. The first-order chi connectivity index (χ1) is 14.8. The SMILES string of the molecule is CC[C@@H](C(=O)NCC(C)C)N(Cc1cccc(OC)c1)C(=O)CSc1ccc(C)cc1. The fraction of sp³-hybridized carbons (Fsp3) is 0.440. The maximum Gasteiger partial charge on any atom is 0.242 e.